The quantitative estimate of drug-likeness (QED) is 0.0531. The first-order valence-electron chi connectivity index (χ1n) is 22.6. The van der Waals surface area contributed by atoms with Crippen LogP contribution in [0.15, 0.2) is 146 Å². The van der Waals surface area contributed by atoms with Gasteiger partial charge in [-0.1, -0.05) is 35.4 Å². The van der Waals surface area contributed by atoms with Crippen LogP contribution in [0.1, 0.15) is 63.7 Å². The molecule has 366 valence electrons. The first-order chi connectivity index (χ1) is 34.8. The number of hydrogen-bond acceptors (Lipinski definition) is 14. The molecule has 0 spiro atoms. The van der Waals surface area contributed by atoms with Crippen molar-refractivity contribution in [2.24, 2.45) is 0 Å². The molecule has 2 saturated heterocycles. The Hall–Kier alpha value is -8.86. The molecule has 2 fully saturated rings. The summed E-state index contributed by atoms with van der Waals surface area (Å²) in [5, 5.41) is 5.62. The lowest BCUT2D eigenvalue weighted by atomic mass is 10.1. The van der Waals surface area contributed by atoms with E-state index < -0.39 is 60.1 Å². The first-order valence-corrected chi connectivity index (χ1v) is 22.6. The van der Waals surface area contributed by atoms with Gasteiger partial charge in [0.2, 0.25) is 0 Å². The molecule has 2 N–H and O–H groups in total. The molecular weight excluding hydrogens is 925 g/mol. The van der Waals surface area contributed by atoms with Crippen molar-refractivity contribution in [1.29, 1.82) is 0 Å². The molecule has 0 aromatic heterocycles. The van der Waals surface area contributed by atoms with Gasteiger partial charge in [0.05, 0.1) is 38.6 Å². The highest BCUT2D eigenvalue weighted by Crippen LogP contribution is 2.32. The smallest absolute Gasteiger partial charge is 0.343 e. The van der Waals surface area contributed by atoms with Crippen molar-refractivity contribution >= 4 is 59.2 Å². The largest absolute Gasteiger partial charge is 0.496 e. The summed E-state index contributed by atoms with van der Waals surface area (Å²) >= 11 is 0. The second-order valence-corrected chi connectivity index (χ2v) is 16.6. The Balaban J connectivity index is 0.780. The molecule has 4 atom stereocenters. The number of hydrogen-bond donors (Lipinski definition) is 2. The number of carbonyl (C=O) groups excluding carboxylic acids is 6. The fourth-order valence-corrected chi connectivity index (χ4v) is 7.64. The Morgan fingerprint density at radius 1 is 0.486 bits per heavy atom. The number of rotatable bonds is 16. The zero-order chi connectivity index (χ0) is 50.7. The van der Waals surface area contributed by atoms with Gasteiger partial charge in [-0.2, -0.15) is 0 Å². The van der Waals surface area contributed by atoms with Gasteiger partial charge in [0.1, 0.15) is 35.2 Å². The van der Waals surface area contributed by atoms with Crippen molar-refractivity contribution in [2.75, 3.05) is 38.1 Å². The van der Waals surface area contributed by atoms with E-state index in [4.69, 9.17) is 37.9 Å². The van der Waals surface area contributed by atoms with E-state index in [0.717, 1.165) is 11.1 Å². The van der Waals surface area contributed by atoms with E-state index in [1.807, 2.05) is 38.1 Å². The number of esters is 4. The van der Waals surface area contributed by atoms with Crippen LogP contribution in [0.4, 0.5) is 11.4 Å². The first kappa shape index (κ1) is 49.6. The maximum atomic E-state index is 13.0. The van der Waals surface area contributed by atoms with Crippen LogP contribution < -0.4 is 29.6 Å². The standard InChI is InChI=1S/C56H48N2O14/c1-33-5-9-39(10-6-33)55(63)69-43-23-15-37(16-24-43)53(61)57-41-21-13-35(45(29-41)65-3)19-27-49(59)71-47-31-67-52-48(32-68-51(47)52)72-50(60)28-20-36-14-22-42(30-46(36)66-4)58-54(62)38-17-25-44(26-18-38)70-56(64)40-11-7-34(2)8-12-40/h5-30,47-48,51-52H,31-32H2,1-4H3,(H,57,61)(H,58,62)/b27-19+,28-20+/t47-,48+,51-,52-/m1/s1. The molecule has 6 aromatic carbocycles. The Morgan fingerprint density at radius 3 is 1.21 bits per heavy atom. The summed E-state index contributed by atoms with van der Waals surface area (Å²) in [6.45, 7) is 3.89. The van der Waals surface area contributed by atoms with Crippen molar-refractivity contribution in [3.8, 4) is 23.0 Å². The normalized spacial score (nSPS) is 16.9. The van der Waals surface area contributed by atoms with Gasteiger partial charge in [-0.15, -0.1) is 0 Å². The summed E-state index contributed by atoms with van der Waals surface area (Å²) < 4.78 is 45.0. The monoisotopic (exact) mass is 972 g/mol. The minimum Gasteiger partial charge on any atom is -0.496 e. The molecule has 0 saturated carbocycles. The average Bonchev–Trinajstić information content (AvgIpc) is 3.98. The Bertz CT molecular complexity index is 2830. The molecule has 16 heteroatoms. The molecule has 0 aliphatic carbocycles. The minimum absolute atomic E-state index is 0.0210. The van der Waals surface area contributed by atoms with Crippen molar-refractivity contribution < 1.29 is 66.7 Å². The van der Waals surface area contributed by atoms with E-state index in [1.54, 1.807) is 84.9 Å². The fourth-order valence-electron chi connectivity index (χ4n) is 7.64. The highest BCUT2D eigenvalue weighted by atomic mass is 16.7. The van der Waals surface area contributed by atoms with Gasteiger partial charge in [-0.05, 0) is 123 Å². The van der Waals surface area contributed by atoms with Gasteiger partial charge in [-0.25, -0.2) is 19.2 Å². The predicted octanol–water partition coefficient (Wildman–Crippen LogP) is 8.61. The molecule has 0 unspecified atom stereocenters. The second-order valence-electron chi connectivity index (χ2n) is 16.6. The van der Waals surface area contributed by atoms with E-state index in [2.05, 4.69) is 10.6 Å². The van der Waals surface area contributed by atoms with E-state index in [9.17, 15) is 28.8 Å². The summed E-state index contributed by atoms with van der Waals surface area (Å²) in [7, 11) is 2.91. The summed E-state index contributed by atoms with van der Waals surface area (Å²) in [5.41, 5.74) is 5.45. The van der Waals surface area contributed by atoms with E-state index >= 15 is 0 Å². The fraction of sp³-hybridized carbons (Fsp3) is 0.179. The molecule has 2 heterocycles. The average molecular weight is 973 g/mol. The van der Waals surface area contributed by atoms with Crippen LogP contribution in [-0.2, 0) is 28.5 Å². The molecule has 8 rings (SSSR count). The number of anilines is 2. The number of methoxy groups -OCH3 is 2. The highest BCUT2D eigenvalue weighted by molar-refractivity contribution is 6.05. The zero-order valence-electron chi connectivity index (χ0n) is 39.5. The molecule has 2 amide bonds. The number of nitrogens with one attached hydrogen (secondary N) is 2. The number of fused-ring (bicyclic) bond motifs is 1. The zero-order valence-corrected chi connectivity index (χ0v) is 39.5. The van der Waals surface area contributed by atoms with Gasteiger partial charge in [0, 0.05) is 57.9 Å². The van der Waals surface area contributed by atoms with Gasteiger partial charge in [-0.3, -0.25) is 9.59 Å². The topological polar surface area (TPSA) is 200 Å². The minimum atomic E-state index is -0.767. The third-order valence-electron chi connectivity index (χ3n) is 11.5. The summed E-state index contributed by atoms with van der Waals surface area (Å²) in [5.74, 6) is -1.85. The van der Waals surface area contributed by atoms with Gasteiger partial charge < -0.3 is 48.5 Å². The number of carbonyl (C=O) groups is 6. The number of ether oxygens (including phenoxy) is 8. The van der Waals surface area contributed by atoms with Gasteiger partial charge in [0.25, 0.3) is 11.8 Å². The summed E-state index contributed by atoms with van der Waals surface area (Å²) in [4.78, 5) is 76.9. The molecule has 16 nitrogen and oxygen atoms in total. The third kappa shape index (κ3) is 12.5. The van der Waals surface area contributed by atoms with Crippen LogP contribution in [0, 0.1) is 13.8 Å². The van der Waals surface area contributed by atoms with E-state index in [-0.39, 0.29) is 24.7 Å². The second kappa shape index (κ2) is 22.7. The van der Waals surface area contributed by atoms with Gasteiger partial charge in [0.15, 0.2) is 12.2 Å². The molecule has 2 aliphatic rings. The molecule has 0 bridgehead atoms. The lowest BCUT2D eigenvalue weighted by molar-refractivity contribution is -0.149. The van der Waals surface area contributed by atoms with Crippen LogP contribution in [0.2, 0.25) is 0 Å². The number of benzene rings is 6. The van der Waals surface area contributed by atoms with E-state index in [0.29, 0.717) is 56.3 Å². The molecule has 2 aliphatic heterocycles. The van der Waals surface area contributed by atoms with Crippen LogP contribution >= 0.6 is 0 Å². The predicted molar refractivity (Wildman–Crippen MR) is 264 cm³/mol. The van der Waals surface area contributed by atoms with Crippen LogP contribution in [0.5, 0.6) is 23.0 Å². The van der Waals surface area contributed by atoms with Crippen LogP contribution in [-0.4, -0.2) is 87.5 Å². The van der Waals surface area contributed by atoms with Crippen LogP contribution in [0.25, 0.3) is 12.2 Å². The van der Waals surface area contributed by atoms with E-state index in [1.165, 1.54) is 62.8 Å². The Labute approximate surface area is 414 Å². The molecule has 6 aromatic rings. The van der Waals surface area contributed by atoms with Crippen molar-refractivity contribution in [2.45, 2.75) is 38.3 Å². The van der Waals surface area contributed by atoms with Crippen molar-refractivity contribution in [1.82, 2.24) is 0 Å². The highest BCUT2D eigenvalue weighted by Gasteiger charge is 2.51. The van der Waals surface area contributed by atoms with Crippen molar-refractivity contribution in [3.05, 3.63) is 190 Å². The maximum absolute atomic E-state index is 13.0. The number of amides is 2. The van der Waals surface area contributed by atoms with Gasteiger partial charge >= 0.3 is 23.9 Å². The summed E-state index contributed by atoms with van der Waals surface area (Å²) in [6.07, 6.45) is 2.61. The lowest BCUT2D eigenvalue weighted by Crippen LogP contribution is -2.35. The molecular formula is C56H48N2O14. The Kier molecular flexibility index (Phi) is 15.6. The Morgan fingerprint density at radius 2 is 0.847 bits per heavy atom. The number of aryl methyl sites for hydroxylation is 2. The third-order valence-corrected chi connectivity index (χ3v) is 11.5. The van der Waals surface area contributed by atoms with Crippen molar-refractivity contribution in [3.63, 3.8) is 0 Å². The maximum Gasteiger partial charge on any atom is 0.343 e. The molecule has 0 radical (unpaired) electrons. The van der Waals surface area contributed by atoms with Crippen LogP contribution in [0.3, 0.4) is 0 Å². The SMILES string of the molecule is COc1cc(NC(=O)c2ccc(OC(=O)c3ccc(C)cc3)cc2)ccc1/C=C/C(=O)O[C@H]1CO[C@H]2[C@@H]1OC[C@H]2OC(=O)/C=C/c1ccc(NC(=O)c2ccc(OC(=O)c3ccc(C)cc3)cc2)cc1OC. The lowest BCUT2D eigenvalue weighted by Gasteiger charge is -2.16. The summed E-state index contributed by atoms with van der Waals surface area (Å²) in [6, 6.07) is 36.1. The molecule has 72 heavy (non-hydrogen) atoms.